The van der Waals surface area contributed by atoms with E-state index in [1.165, 1.54) is 24.3 Å². The molecule has 10 heteroatoms. The van der Waals surface area contributed by atoms with Gasteiger partial charge in [0.15, 0.2) is 5.82 Å². The second-order valence-electron chi connectivity index (χ2n) is 7.72. The van der Waals surface area contributed by atoms with E-state index in [1.807, 2.05) is 25.8 Å². The molecule has 1 saturated carbocycles. The number of carbonyl (C=O) groups is 2. The van der Waals surface area contributed by atoms with Crippen molar-refractivity contribution in [1.29, 1.82) is 0 Å². The number of nitrogens with zero attached hydrogens (tertiary/aromatic N) is 3. The average Bonchev–Trinajstić information content (AvgIpc) is 2.67. The van der Waals surface area contributed by atoms with Crippen molar-refractivity contribution in [3.05, 3.63) is 35.8 Å². The van der Waals surface area contributed by atoms with Gasteiger partial charge in [0.25, 0.3) is 0 Å². The number of hydrogen-bond acceptors (Lipinski definition) is 6. The number of nitrogens with one attached hydrogen (secondary N) is 4. The standard InChI is InChI=1S/C20H24FN7O2/c1-10-16-17(28(3)11(2)18(29)26-16)27-19(22-10)23-14-8-15(9-14)25-20(30)24-13-6-4-12(21)5-7-13/h4-7,11,14-15H,8-9H2,1-3H3,(H,26,29)(H,22,23,27)(H2,24,25,30)/t11-,14-,15-/m0/s1. The molecule has 1 fully saturated rings. The van der Waals surface area contributed by atoms with Crippen LogP contribution in [0.25, 0.3) is 0 Å². The highest BCUT2D eigenvalue weighted by Gasteiger charge is 2.33. The number of hydrogen-bond donors (Lipinski definition) is 4. The summed E-state index contributed by atoms with van der Waals surface area (Å²) in [5.41, 5.74) is 1.87. The molecule has 2 aromatic rings. The van der Waals surface area contributed by atoms with E-state index in [1.54, 1.807) is 0 Å². The van der Waals surface area contributed by atoms with E-state index in [-0.39, 0.29) is 35.9 Å². The Bertz CT molecular complexity index is 976. The van der Waals surface area contributed by atoms with Crippen molar-refractivity contribution in [1.82, 2.24) is 15.3 Å². The van der Waals surface area contributed by atoms with Gasteiger partial charge in [-0.05, 0) is 51.0 Å². The number of aromatic nitrogens is 2. The van der Waals surface area contributed by atoms with E-state index in [0.29, 0.717) is 28.8 Å². The van der Waals surface area contributed by atoms with Crippen LogP contribution in [0.4, 0.5) is 32.3 Å². The van der Waals surface area contributed by atoms with Gasteiger partial charge in [0.2, 0.25) is 11.9 Å². The number of benzene rings is 1. The molecule has 1 aromatic carbocycles. The van der Waals surface area contributed by atoms with E-state index in [4.69, 9.17) is 0 Å². The van der Waals surface area contributed by atoms with Crippen molar-refractivity contribution in [2.45, 2.75) is 44.8 Å². The molecule has 0 unspecified atom stereocenters. The minimum absolute atomic E-state index is 0.0312. The van der Waals surface area contributed by atoms with Gasteiger partial charge >= 0.3 is 6.03 Å². The summed E-state index contributed by atoms with van der Waals surface area (Å²) in [6.07, 6.45) is 1.47. The van der Waals surface area contributed by atoms with Crippen LogP contribution in [0.15, 0.2) is 24.3 Å². The molecule has 158 valence electrons. The third-order valence-corrected chi connectivity index (χ3v) is 5.52. The Labute approximate surface area is 173 Å². The topological polar surface area (TPSA) is 111 Å². The van der Waals surface area contributed by atoms with Crippen molar-refractivity contribution in [3.8, 4) is 0 Å². The van der Waals surface area contributed by atoms with Crippen molar-refractivity contribution in [2.75, 3.05) is 27.9 Å². The first-order valence-electron chi connectivity index (χ1n) is 9.82. The van der Waals surface area contributed by atoms with Gasteiger partial charge in [-0.15, -0.1) is 0 Å². The average molecular weight is 413 g/mol. The first kappa shape index (κ1) is 19.9. The molecule has 9 nitrogen and oxygen atoms in total. The molecule has 4 N–H and O–H groups in total. The summed E-state index contributed by atoms with van der Waals surface area (Å²) in [5, 5.41) is 11.7. The number of rotatable bonds is 4. The normalized spacial score (nSPS) is 22.5. The van der Waals surface area contributed by atoms with Gasteiger partial charge in [0.05, 0.1) is 5.69 Å². The van der Waals surface area contributed by atoms with Crippen LogP contribution >= 0.6 is 0 Å². The molecule has 1 aliphatic carbocycles. The van der Waals surface area contributed by atoms with Gasteiger partial charge in [-0.1, -0.05) is 0 Å². The first-order chi connectivity index (χ1) is 14.3. The number of likely N-dealkylation sites (N-methyl/N-ethyl adjacent to an activating group) is 1. The number of carbonyl (C=O) groups excluding carboxylic acids is 2. The quantitative estimate of drug-likeness (QED) is 0.613. The Morgan fingerprint density at radius 1 is 1.20 bits per heavy atom. The highest BCUT2D eigenvalue weighted by molar-refractivity contribution is 6.03. The molecule has 0 saturated heterocycles. The van der Waals surface area contributed by atoms with E-state index in [2.05, 4.69) is 31.2 Å². The molecular weight excluding hydrogens is 389 g/mol. The predicted molar refractivity (Wildman–Crippen MR) is 112 cm³/mol. The number of halogens is 1. The van der Waals surface area contributed by atoms with Crippen molar-refractivity contribution in [2.24, 2.45) is 0 Å². The Morgan fingerprint density at radius 2 is 1.90 bits per heavy atom. The Morgan fingerprint density at radius 3 is 2.60 bits per heavy atom. The number of urea groups is 1. The fourth-order valence-corrected chi connectivity index (χ4v) is 3.53. The molecule has 0 spiro atoms. The van der Waals surface area contributed by atoms with Crippen LogP contribution in [0.5, 0.6) is 0 Å². The molecule has 2 heterocycles. The van der Waals surface area contributed by atoms with Crippen LogP contribution in [0.1, 0.15) is 25.5 Å². The fourth-order valence-electron chi connectivity index (χ4n) is 3.53. The third-order valence-electron chi connectivity index (χ3n) is 5.52. The zero-order chi connectivity index (χ0) is 21.4. The minimum atomic E-state index is -0.350. The number of anilines is 4. The van der Waals surface area contributed by atoms with Gasteiger partial charge in [-0.3, -0.25) is 4.79 Å². The minimum Gasteiger partial charge on any atom is -0.351 e. The maximum absolute atomic E-state index is 12.9. The lowest BCUT2D eigenvalue weighted by molar-refractivity contribution is -0.117. The largest absolute Gasteiger partial charge is 0.351 e. The summed E-state index contributed by atoms with van der Waals surface area (Å²) in [6.45, 7) is 3.66. The number of aryl methyl sites for hydroxylation is 1. The van der Waals surface area contributed by atoms with E-state index in [0.717, 1.165) is 12.8 Å². The van der Waals surface area contributed by atoms with E-state index < -0.39 is 0 Å². The lowest BCUT2D eigenvalue weighted by atomic mass is 9.87. The van der Waals surface area contributed by atoms with Gasteiger partial charge in [-0.2, -0.15) is 4.98 Å². The van der Waals surface area contributed by atoms with Gasteiger partial charge in [0, 0.05) is 24.8 Å². The van der Waals surface area contributed by atoms with Crippen LogP contribution in [0.3, 0.4) is 0 Å². The van der Waals surface area contributed by atoms with Crippen LogP contribution < -0.4 is 26.2 Å². The van der Waals surface area contributed by atoms with Gasteiger partial charge < -0.3 is 26.2 Å². The first-order valence-corrected chi connectivity index (χ1v) is 9.82. The molecule has 0 radical (unpaired) electrons. The maximum atomic E-state index is 12.9. The van der Waals surface area contributed by atoms with Gasteiger partial charge in [-0.25, -0.2) is 14.2 Å². The second-order valence-corrected chi connectivity index (χ2v) is 7.72. The fraction of sp³-hybridized carbons (Fsp3) is 0.400. The maximum Gasteiger partial charge on any atom is 0.319 e. The van der Waals surface area contributed by atoms with E-state index in [9.17, 15) is 14.0 Å². The van der Waals surface area contributed by atoms with Crippen LogP contribution in [-0.4, -0.2) is 47.1 Å². The Hall–Kier alpha value is -3.43. The highest BCUT2D eigenvalue weighted by atomic mass is 19.1. The molecule has 4 rings (SSSR count). The van der Waals surface area contributed by atoms with Gasteiger partial charge in [0.1, 0.15) is 17.5 Å². The van der Waals surface area contributed by atoms with Crippen LogP contribution in [0.2, 0.25) is 0 Å². The molecule has 1 aliphatic heterocycles. The lowest BCUT2D eigenvalue weighted by Crippen LogP contribution is -2.51. The van der Waals surface area contributed by atoms with E-state index >= 15 is 0 Å². The molecule has 0 bridgehead atoms. The number of amides is 3. The van der Waals surface area contributed by atoms with Crippen molar-refractivity contribution < 1.29 is 14.0 Å². The summed E-state index contributed by atoms with van der Waals surface area (Å²) < 4.78 is 12.9. The van der Waals surface area contributed by atoms with Crippen molar-refractivity contribution in [3.63, 3.8) is 0 Å². The summed E-state index contributed by atoms with van der Waals surface area (Å²) >= 11 is 0. The zero-order valence-corrected chi connectivity index (χ0v) is 17.0. The Kier molecular flexibility index (Phi) is 5.15. The van der Waals surface area contributed by atoms with Crippen molar-refractivity contribution >= 4 is 35.1 Å². The SMILES string of the molecule is Cc1nc(N[C@H]2C[C@H](NC(=O)Nc3ccc(F)cc3)C2)nc2c1NC(=O)[C@H](C)N2C. The monoisotopic (exact) mass is 413 g/mol. The zero-order valence-electron chi connectivity index (χ0n) is 17.0. The molecule has 1 atom stereocenters. The smallest absolute Gasteiger partial charge is 0.319 e. The molecule has 30 heavy (non-hydrogen) atoms. The second kappa shape index (κ2) is 7.77. The van der Waals surface area contributed by atoms with Crippen LogP contribution in [-0.2, 0) is 4.79 Å². The summed E-state index contributed by atoms with van der Waals surface area (Å²) in [6, 6.07) is 5.15. The highest BCUT2D eigenvalue weighted by Crippen LogP contribution is 2.33. The molecule has 3 amide bonds. The molecular formula is C20H24FN7O2. The summed E-state index contributed by atoms with van der Waals surface area (Å²) in [5.74, 6) is 0.756. The lowest BCUT2D eigenvalue weighted by Gasteiger charge is -2.37. The third kappa shape index (κ3) is 3.98. The summed E-state index contributed by atoms with van der Waals surface area (Å²) in [4.78, 5) is 34.9. The summed E-state index contributed by atoms with van der Waals surface area (Å²) in [7, 11) is 1.83. The molecule has 2 aliphatic rings. The predicted octanol–water partition coefficient (Wildman–Crippen LogP) is 2.47. The molecule has 1 aromatic heterocycles. The number of fused-ring (bicyclic) bond motifs is 1. The Balaban J connectivity index is 1.31. The van der Waals surface area contributed by atoms with Crippen LogP contribution in [0, 0.1) is 12.7 Å².